The highest BCUT2D eigenvalue weighted by molar-refractivity contribution is 9.11. The summed E-state index contributed by atoms with van der Waals surface area (Å²) in [5.41, 5.74) is 1.14. The van der Waals surface area contributed by atoms with Crippen molar-refractivity contribution in [3.8, 4) is 0 Å². The molecule has 0 heterocycles. The Labute approximate surface area is 65.0 Å². The van der Waals surface area contributed by atoms with Crippen molar-refractivity contribution >= 4 is 15.9 Å². The normalized spacial score (nSPS) is 9.11. The van der Waals surface area contributed by atoms with Crippen LogP contribution in [0.15, 0.2) is 23.2 Å². The maximum absolute atomic E-state index is 3.74. The monoisotopic (exact) mass is 189 g/mol. The van der Waals surface area contributed by atoms with Gasteiger partial charge in [-0.1, -0.05) is 34.7 Å². The number of nitrogens with one attached hydrogen (secondary N) is 1. The van der Waals surface area contributed by atoms with Gasteiger partial charge in [-0.25, -0.2) is 0 Å². The lowest BCUT2D eigenvalue weighted by Gasteiger charge is -2.00. The van der Waals surface area contributed by atoms with E-state index in [-0.39, 0.29) is 0 Å². The van der Waals surface area contributed by atoms with Crippen molar-refractivity contribution in [2.75, 3.05) is 13.1 Å². The molecule has 0 atom stereocenters. The first-order valence-electron chi connectivity index (χ1n) is 2.81. The fourth-order valence-corrected chi connectivity index (χ4v) is 0.610. The lowest BCUT2D eigenvalue weighted by atomic mass is 10.3. The third-order valence-electron chi connectivity index (χ3n) is 0.744. The first-order chi connectivity index (χ1) is 4.13. The predicted octanol–water partition coefficient (Wildman–Crippen LogP) is 2.06. The van der Waals surface area contributed by atoms with Crippen LogP contribution in [0.2, 0.25) is 0 Å². The van der Waals surface area contributed by atoms with Gasteiger partial charge in [0, 0.05) is 17.6 Å². The van der Waals surface area contributed by atoms with Gasteiger partial charge in [-0.3, -0.25) is 0 Å². The van der Waals surface area contributed by atoms with Crippen molar-refractivity contribution in [3.63, 3.8) is 0 Å². The summed E-state index contributed by atoms with van der Waals surface area (Å²) in [6.45, 7) is 11.1. The molecule has 9 heavy (non-hydrogen) atoms. The predicted molar refractivity (Wildman–Crippen MR) is 45.8 cm³/mol. The molecular formula is C7H12BrN. The van der Waals surface area contributed by atoms with Crippen molar-refractivity contribution in [3.05, 3.63) is 23.2 Å². The molecule has 0 spiro atoms. The molecule has 52 valence electrons. The highest BCUT2D eigenvalue weighted by atomic mass is 79.9. The molecule has 0 aromatic carbocycles. The van der Waals surface area contributed by atoms with E-state index >= 15 is 0 Å². The molecule has 0 aliphatic carbocycles. The lowest BCUT2D eigenvalue weighted by molar-refractivity contribution is 0.813. The topological polar surface area (TPSA) is 12.0 Å². The molecule has 0 rings (SSSR count). The molecule has 1 N–H and O–H groups in total. The van der Waals surface area contributed by atoms with Gasteiger partial charge in [0.1, 0.15) is 0 Å². The van der Waals surface area contributed by atoms with Gasteiger partial charge in [-0.2, -0.15) is 0 Å². The van der Waals surface area contributed by atoms with E-state index in [0.29, 0.717) is 0 Å². The van der Waals surface area contributed by atoms with Gasteiger partial charge in [0.15, 0.2) is 0 Å². The van der Waals surface area contributed by atoms with Gasteiger partial charge in [-0.05, 0) is 6.92 Å². The summed E-state index contributed by atoms with van der Waals surface area (Å²) in [6, 6.07) is 0. The minimum absolute atomic E-state index is 0.812. The molecule has 0 radical (unpaired) electrons. The number of hydrogen-bond acceptors (Lipinski definition) is 1. The third-order valence-corrected chi connectivity index (χ3v) is 1.02. The SMILES string of the molecule is C=C(C)CNCC(=C)Br. The first kappa shape index (κ1) is 8.92. The van der Waals surface area contributed by atoms with E-state index in [1.807, 2.05) is 6.92 Å². The lowest BCUT2D eigenvalue weighted by Crippen LogP contribution is -2.16. The largest absolute Gasteiger partial charge is 0.308 e. The summed E-state index contributed by atoms with van der Waals surface area (Å²) in [5.74, 6) is 0. The molecule has 0 saturated heterocycles. The van der Waals surface area contributed by atoms with Crippen molar-refractivity contribution in [1.82, 2.24) is 5.32 Å². The second-order valence-corrected chi connectivity index (χ2v) is 3.20. The van der Waals surface area contributed by atoms with Crippen molar-refractivity contribution < 1.29 is 0 Å². The van der Waals surface area contributed by atoms with Crippen LogP contribution in [0.1, 0.15) is 6.92 Å². The molecular weight excluding hydrogens is 178 g/mol. The molecule has 0 aliphatic heterocycles. The Morgan fingerprint density at radius 1 is 1.44 bits per heavy atom. The molecule has 1 nitrogen and oxygen atoms in total. The van der Waals surface area contributed by atoms with Gasteiger partial charge in [0.2, 0.25) is 0 Å². The molecule has 0 fully saturated rings. The Morgan fingerprint density at radius 3 is 2.33 bits per heavy atom. The summed E-state index contributed by atoms with van der Waals surface area (Å²) >= 11 is 3.24. The number of halogens is 1. The van der Waals surface area contributed by atoms with E-state index in [9.17, 15) is 0 Å². The summed E-state index contributed by atoms with van der Waals surface area (Å²) in [6.07, 6.45) is 0. The van der Waals surface area contributed by atoms with Crippen LogP contribution < -0.4 is 5.32 Å². The second kappa shape index (κ2) is 4.77. The van der Waals surface area contributed by atoms with Gasteiger partial charge >= 0.3 is 0 Å². The van der Waals surface area contributed by atoms with Crippen LogP contribution >= 0.6 is 15.9 Å². The van der Waals surface area contributed by atoms with Gasteiger partial charge in [0.05, 0.1) is 0 Å². The highest BCUT2D eigenvalue weighted by Crippen LogP contribution is 1.96. The molecule has 0 aliphatic rings. The van der Waals surface area contributed by atoms with E-state index in [0.717, 1.165) is 23.1 Å². The van der Waals surface area contributed by atoms with Crippen LogP contribution in [0, 0.1) is 0 Å². The molecule has 0 amide bonds. The van der Waals surface area contributed by atoms with Crippen molar-refractivity contribution in [2.45, 2.75) is 6.92 Å². The minimum Gasteiger partial charge on any atom is -0.308 e. The van der Waals surface area contributed by atoms with Crippen LogP contribution in [0.25, 0.3) is 0 Å². The van der Waals surface area contributed by atoms with Gasteiger partial charge in [0.25, 0.3) is 0 Å². The number of rotatable bonds is 4. The van der Waals surface area contributed by atoms with Crippen LogP contribution in [-0.4, -0.2) is 13.1 Å². The van der Waals surface area contributed by atoms with Crippen molar-refractivity contribution in [2.24, 2.45) is 0 Å². The fourth-order valence-electron chi connectivity index (χ4n) is 0.412. The number of hydrogen-bond donors (Lipinski definition) is 1. The zero-order valence-electron chi connectivity index (χ0n) is 5.71. The molecule has 2 heteroatoms. The van der Waals surface area contributed by atoms with Gasteiger partial charge < -0.3 is 5.32 Å². The summed E-state index contributed by atoms with van der Waals surface area (Å²) < 4.78 is 0.976. The van der Waals surface area contributed by atoms with E-state index < -0.39 is 0 Å². The Morgan fingerprint density at radius 2 is 2.00 bits per heavy atom. The smallest absolute Gasteiger partial charge is 0.0268 e. The molecule has 0 saturated carbocycles. The van der Waals surface area contributed by atoms with E-state index in [4.69, 9.17) is 0 Å². The fraction of sp³-hybridized carbons (Fsp3) is 0.429. The first-order valence-corrected chi connectivity index (χ1v) is 3.60. The molecule has 0 unspecified atom stereocenters. The molecule has 0 aromatic heterocycles. The molecule has 0 bridgehead atoms. The zero-order chi connectivity index (χ0) is 7.28. The Bertz CT molecular complexity index is 104. The minimum atomic E-state index is 0.812. The van der Waals surface area contributed by atoms with Gasteiger partial charge in [-0.15, -0.1) is 0 Å². The Kier molecular flexibility index (Phi) is 4.72. The standard InChI is InChI=1S/C7H12BrN/c1-6(2)4-9-5-7(3)8/h9H,1,3-5H2,2H3. The van der Waals surface area contributed by atoms with Crippen LogP contribution in [0.3, 0.4) is 0 Å². The van der Waals surface area contributed by atoms with E-state index in [1.165, 1.54) is 0 Å². The average Bonchev–Trinajstić information content (AvgIpc) is 1.63. The van der Waals surface area contributed by atoms with Crippen LogP contribution in [0.5, 0.6) is 0 Å². The second-order valence-electron chi connectivity index (χ2n) is 2.08. The zero-order valence-corrected chi connectivity index (χ0v) is 7.29. The maximum Gasteiger partial charge on any atom is 0.0268 e. The van der Waals surface area contributed by atoms with E-state index in [2.05, 4.69) is 34.4 Å². The summed E-state index contributed by atoms with van der Waals surface area (Å²) in [7, 11) is 0. The Balaban J connectivity index is 3.10. The summed E-state index contributed by atoms with van der Waals surface area (Å²) in [4.78, 5) is 0. The van der Waals surface area contributed by atoms with Crippen molar-refractivity contribution in [1.29, 1.82) is 0 Å². The average molecular weight is 190 g/mol. The van der Waals surface area contributed by atoms with Crippen LogP contribution in [-0.2, 0) is 0 Å². The molecule has 0 aromatic rings. The maximum atomic E-state index is 3.74. The van der Waals surface area contributed by atoms with E-state index in [1.54, 1.807) is 0 Å². The highest BCUT2D eigenvalue weighted by Gasteiger charge is 1.86. The van der Waals surface area contributed by atoms with Crippen LogP contribution in [0.4, 0.5) is 0 Å². The quantitative estimate of drug-likeness (QED) is 0.669. The third kappa shape index (κ3) is 7.92. The summed E-state index contributed by atoms with van der Waals surface area (Å²) in [5, 5.41) is 3.14. The Hall–Kier alpha value is -0.0800.